The third kappa shape index (κ3) is 3.27. The van der Waals surface area contributed by atoms with Crippen molar-refractivity contribution in [2.24, 2.45) is 0 Å². The molecule has 5 heteroatoms. The van der Waals surface area contributed by atoms with Gasteiger partial charge in [0.1, 0.15) is 5.82 Å². The highest BCUT2D eigenvalue weighted by molar-refractivity contribution is 6.33. The fourth-order valence-electron chi connectivity index (χ4n) is 2.43. The van der Waals surface area contributed by atoms with Gasteiger partial charge < -0.3 is 9.30 Å². The van der Waals surface area contributed by atoms with Crippen molar-refractivity contribution in [1.29, 1.82) is 0 Å². The molecule has 23 heavy (non-hydrogen) atoms. The lowest BCUT2D eigenvalue weighted by Gasteiger charge is -2.10. The number of imidazole rings is 1. The normalized spacial score (nSPS) is 10.5. The molecule has 2 aromatic carbocycles. The standard InChI is InChI=1S/C18H15ClN2O2/c1-23-18(22)14-6-4-5-13(11-14)12-21-10-9-20-17(21)15-7-2-3-8-16(15)19/h2-11H,12H2,1H3. The quantitative estimate of drug-likeness (QED) is 0.680. The number of hydrogen-bond acceptors (Lipinski definition) is 3. The molecular weight excluding hydrogens is 312 g/mol. The zero-order valence-electron chi connectivity index (χ0n) is 12.6. The second-order valence-electron chi connectivity index (χ2n) is 5.05. The second-order valence-corrected chi connectivity index (χ2v) is 5.46. The van der Waals surface area contributed by atoms with Gasteiger partial charge in [0.25, 0.3) is 0 Å². The van der Waals surface area contributed by atoms with Crippen LogP contribution in [0, 0.1) is 0 Å². The number of carbonyl (C=O) groups is 1. The van der Waals surface area contributed by atoms with Gasteiger partial charge in [0.05, 0.1) is 17.7 Å². The van der Waals surface area contributed by atoms with Crippen molar-refractivity contribution in [3.8, 4) is 11.4 Å². The Morgan fingerprint density at radius 3 is 2.83 bits per heavy atom. The van der Waals surface area contributed by atoms with Gasteiger partial charge in [-0.3, -0.25) is 0 Å². The van der Waals surface area contributed by atoms with Crippen LogP contribution in [0.5, 0.6) is 0 Å². The first-order valence-corrected chi connectivity index (χ1v) is 7.50. The molecule has 0 unspecified atom stereocenters. The highest BCUT2D eigenvalue weighted by Crippen LogP contribution is 2.26. The number of halogens is 1. The number of benzene rings is 2. The number of methoxy groups -OCH3 is 1. The molecule has 0 radical (unpaired) electrons. The number of ether oxygens (including phenoxy) is 1. The zero-order chi connectivity index (χ0) is 16.2. The Morgan fingerprint density at radius 1 is 1.22 bits per heavy atom. The lowest BCUT2D eigenvalue weighted by Crippen LogP contribution is -2.05. The Labute approximate surface area is 139 Å². The van der Waals surface area contributed by atoms with Crippen molar-refractivity contribution in [2.75, 3.05) is 7.11 Å². The SMILES string of the molecule is COC(=O)c1cccc(Cn2ccnc2-c2ccccc2Cl)c1. The van der Waals surface area contributed by atoms with Gasteiger partial charge in [-0.05, 0) is 29.8 Å². The van der Waals surface area contributed by atoms with E-state index >= 15 is 0 Å². The number of aromatic nitrogens is 2. The van der Waals surface area contributed by atoms with Gasteiger partial charge in [-0.2, -0.15) is 0 Å². The summed E-state index contributed by atoms with van der Waals surface area (Å²) in [5.41, 5.74) is 2.40. The van der Waals surface area contributed by atoms with Crippen LogP contribution in [0.2, 0.25) is 5.02 Å². The van der Waals surface area contributed by atoms with Crippen LogP contribution in [0.4, 0.5) is 0 Å². The van der Waals surface area contributed by atoms with Crippen LogP contribution >= 0.6 is 11.6 Å². The summed E-state index contributed by atoms with van der Waals surface area (Å²) < 4.78 is 6.76. The summed E-state index contributed by atoms with van der Waals surface area (Å²) in [6.45, 7) is 0.589. The molecule has 0 saturated carbocycles. The number of hydrogen-bond donors (Lipinski definition) is 0. The minimum atomic E-state index is -0.344. The molecule has 3 aromatic rings. The summed E-state index contributed by atoms with van der Waals surface area (Å²) in [5.74, 6) is 0.447. The monoisotopic (exact) mass is 326 g/mol. The molecule has 1 aromatic heterocycles. The first-order valence-electron chi connectivity index (χ1n) is 7.12. The predicted molar refractivity (Wildman–Crippen MR) is 89.6 cm³/mol. The molecule has 0 amide bonds. The molecule has 0 fully saturated rings. The van der Waals surface area contributed by atoms with Crippen molar-refractivity contribution in [1.82, 2.24) is 9.55 Å². The molecule has 0 bridgehead atoms. The van der Waals surface area contributed by atoms with Crippen LogP contribution in [0.15, 0.2) is 60.9 Å². The molecular formula is C18H15ClN2O2. The van der Waals surface area contributed by atoms with Gasteiger partial charge in [0.2, 0.25) is 0 Å². The molecule has 1 heterocycles. The van der Waals surface area contributed by atoms with Gasteiger partial charge in [-0.1, -0.05) is 35.9 Å². The summed E-state index contributed by atoms with van der Waals surface area (Å²) in [4.78, 5) is 16.0. The van der Waals surface area contributed by atoms with E-state index in [9.17, 15) is 4.79 Å². The predicted octanol–water partition coefficient (Wildman–Crippen LogP) is 4.04. The van der Waals surface area contributed by atoms with Crippen molar-refractivity contribution in [3.63, 3.8) is 0 Å². The molecule has 0 aliphatic carbocycles. The Kier molecular flexibility index (Phi) is 4.44. The van der Waals surface area contributed by atoms with E-state index < -0.39 is 0 Å². The molecule has 0 atom stereocenters. The number of esters is 1. The van der Waals surface area contributed by atoms with Crippen LogP contribution in [-0.2, 0) is 11.3 Å². The van der Waals surface area contributed by atoms with Crippen molar-refractivity contribution in [3.05, 3.63) is 77.1 Å². The van der Waals surface area contributed by atoms with Gasteiger partial charge in [0.15, 0.2) is 0 Å². The van der Waals surface area contributed by atoms with E-state index in [0.29, 0.717) is 17.1 Å². The first kappa shape index (κ1) is 15.3. The second kappa shape index (κ2) is 6.67. The van der Waals surface area contributed by atoms with Gasteiger partial charge in [-0.25, -0.2) is 9.78 Å². The Balaban J connectivity index is 1.92. The third-order valence-corrected chi connectivity index (χ3v) is 3.86. The van der Waals surface area contributed by atoms with E-state index in [2.05, 4.69) is 4.98 Å². The molecule has 0 aliphatic heterocycles. The molecule has 3 rings (SSSR count). The molecule has 4 nitrogen and oxygen atoms in total. The van der Waals surface area contributed by atoms with Gasteiger partial charge in [-0.15, -0.1) is 0 Å². The van der Waals surface area contributed by atoms with Gasteiger partial charge >= 0.3 is 5.97 Å². The zero-order valence-corrected chi connectivity index (χ0v) is 13.3. The van der Waals surface area contributed by atoms with Crippen LogP contribution in [0.1, 0.15) is 15.9 Å². The average molecular weight is 327 g/mol. The largest absolute Gasteiger partial charge is 0.465 e. The first-order chi connectivity index (χ1) is 11.2. The van der Waals surface area contributed by atoms with E-state index in [1.54, 1.807) is 12.3 Å². The number of rotatable bonds is 4. The Hall–Kier alpha value is -2.59. The lowest BCUT2D eigenvalue weighted by molar-refractivity contribution is 0.0600. The van der Waals surface area contributed by atoms with E-state index in [-0.39, 0.29) is 5.97 Å². The van der Waals surface area contributed by atoms with Crippen LogP contribution in [0.3, 0.4) is 0 Å². The summed E-state index contributed by atoms with van der Waals surface area (Å²) in [5, 5.41) is 0.656. The maximum atomic E-state index is 11.6. The van der Waals surface area contributed by atoms with Crippen molar-refractivity contribution < 1.29 is 9.53 Å². The Morgan fingerprint density at radius 2 is 2.04 bits per heavy atom. The molecule has 0 N–H and O–H groups in total. The Bertz CT molecular complexity index is 842. The minimum absolute atomic E-state index is 0.344. The summed E-state index contributed by atoms with van der Waals surface area (Å²) >= 11 is 6.26. The highest BCUT2D eigenvalue weighted by atomic mass is 35.5. The van der Waals surface area contributed by atoms with Crippen molar-refractivity contribution in [2.45, 2.75) is 6.54 Å². The molecule has 116 valence electrons. The minimum Gasteiger partial charge on any atom is -0.465 e. The maximum absolute atomic E-state index is 11.6. The van der Waals surface area contributed by atoms with Crippen molar-refractivity contribution >= 4 is 17.6 Å². The molecule has 0 aliphatic rings. The highest BCUT2D eigenvalue weighted by Gasteiger charge is 2.11. The smallest absolute Gasteiger partial charge is 0.337 e. The summed E-state index contributed by atoms with van der Waals surface area (Å²) in [6.07, 6.45) is 3.63. The van der Waals surface area contributed by atoms with E-state index in [4.69, 9.17) is 16.3 Å². The maximum Gasteiger partial charge on any atom is 0.337 e. The molecule has 0 spiro atoms. The molecule has 0 saturated heterocycles. The van der Waals surface area contributed by atoms with Crippen LogP contribution in [-0.4, -0.2) is 22.6 Å². The fraction of sp³-hybridized carbons (Fsp3) is 0.111. The van der Waals surface area contributed by atoms with E-state index in [1.807, 2.05) is 53.2 Å². The number of carbonyl (C=O) groups excluding carboxylic acids is 1. The average Bonchev–Trinajstić information content (AvgIpc) is 3.02. The topological polar surface area (TPSA) is 44.1 Å². The van der Waals surface area contributed by atoms with Crippen LogP contribution < -0.4 is 0 Å². The van der Waals surface area contributed by atoms with E-state index in [0.717, 1.165) is 17.0 Å². The lowest BCUT2D eigenvalue weighted by atomic mass is 10.1. The van der Waals surface area contributed by atoms with Crippen LogP contribution in [0.25, 0.3) is 11.4 Å². The van der Waals surface area contributed by atoms with E-state index in [1.165, 1.54) is 7.11 Å². The summed E-state index contributed by atoms with van der Waals surface area (Å²) in [7, 11) is 1.38. The van der Waals surface area contributed by atoms with Gasteiger partial charge in [0, 0.05) is 24.5 Å². The number of nitrogens with zero attached hydrogens (tertiary/aromatic N) is 2. The fourth-order valence-corrected chi connectivity index (χ4v) is 2.66. The summed E-state index contributed by atoms with van der Waals surface area (Å²) in [6, 6.07) is 15.0. The third-order valence-electron chi connectivity index (χ3n) is 3.53.